The highest BCUT2D eigenvalue weighted by Gasteiger charge is 2.28. The summed E-state index contributed by atoms with van der Waals surface area (Å²) in [6.07, 6.45) is 2.69. The summed E-state index contributed by atoms with van der Waals surface area (Å²) in [5.41, 5.74) is 7.08. The van der Waals surface area contributed by atoms with Gasteiger partial charge in [-0.3, -0.25) is 4.90 Å². The van der Waals surface area contributed by atoms with Crippen LogP contribution in [0.2, 0.25) is 0 Å². The van der Waals surface area contributed by atoms with Gasteiger partial charge < -0.3 is 15.2 Å². The van der Waals surface area contributed by atoms with Crippen LogP contribution in [0.4, 0.5) is 0 Å². The van der Waals surface area contributed by atoms with E-state index in [-0.39, 0.29) is 6.04 Å². The molecule has 2 N–H and O–H groups in total. The van der Waals surface area contributed by atoms with Gasteiger partial charge >= 0.3 is 0 Å². The molecule has 1 saturated carbocycles. The van der Waals surface area contributed by atoms with Gasteiger partial charge in [-0.25, -0.2) is 0 Å². The molecule has 1 aliphatic rings. The Morgan fingerprint density at radius 3 is 2.58 bits per heavy atom. The number of nitrogens with two attached hydrogens (primary N) is 1. The van der Waals surface area contributed by atoms with E-state index in [1.54, 1.807) is 14.2 Å². The molecule has 4 nitrogen and oxygen atoms in total. The van der Waals surface area contributed by atoms with E-state index in [1.807, 2.05) is 12.1 Å². The number of hydrogen-bond donors (Lipinski definition) is 1. The van der Waals surface area contributed by atoms with Gasteiger partial charge in [-0.2, -0.15) is 0 Å². The maximum atomic E-state index is 5.98. The van der Waals surface area contributed by atoms with Crippen molar-refractivity contribution in [2.75, 3.05) is 34.4 Å². The zero-order valence-corrected chi connectivity index (χ0v) is 12.1. The molecule has 1 aromatic rings. The minimum absolute atomic E-state index is 0.172. The summed E-state index contributed by atoms with van der Waals surface area (Å²) in [5, 5.41) is 0. The first-order valence-electron chi connectivity index (χ1n) is 6.82. The number of hydrogen-bond acceptors (Lipinski definition) is 4. The predicted octanol–water partition coefficient (Wildman–Crippen LogP) is 2.05. The van der Waals surface area contributed by atoms with E-state index < -0.39 is 0 Å². The lowest BCUT2D eigenvalue weighted by atomic mass is 10.0. The minimum Gasteiger partial charge on any atom is -0.493 e. The van der Waals surface area contributed by atoms with Gasteiger partial charge in [-0.05, 0) is 31.9 Å². The normalized spacial score (nSPS) is 16.5. The zero-order chi connectivity index (χ0) is 13.8. The summed E-state index contributed by atoms with van der Waals surface area (Å²) in [6, 6.07) is 6.15. The van der Waals surface area contributed by atoms with Gasteiger partial charge in [0.15, 0.2) is 11.5 Å². The van der Waals surface area contributed by atoms with Gasteiger partial charge in [0.2, 0.25) is 0 Å². The number of ether oxygens (including phenoxy) is 2. The monoisotopic (exact) mass is 264 g/mol. The standard InChI is InChI=1S/C15H24N2O2/c1-17(10-11-7-8-11)13(9-16)12-5-4-6-14(18-2)15(12)19-3/h4-6,11,13H,7-10,16H2,1-3H3. The van der Waals surface area contributed by atoms with Crippen LogP contribution in [0.5, 0.6) is 11.5 Å². The molecule has 1 aromatic carbocycles. The van der Waals surface area contributed by atoms with Crippen molar-refractivity contribution in [1.29, 1.82) is 0 Å². The third kappa shape index (κ3) is 3.19. The van der Waals surface area contributed by atoms with Crippen molar-refractivity contribution in [3.05, 3.63) is 23.8 Å². The first-order chi connectivity index (χ1) is 9.21. The molecule has 1 unspecified atom stereocenters. The van der Waals surface area contributed by atoms with Crippen molar-refractivity contribution in [3.63, 3.8) is 0 Å². The predicted molar refractivity (Wildman–Crippen MR) is 76.7 cm³/mol. The zero-order valence-electron chi connectivity index (χ0n) is 12.1. The van der Waals surface area contributed by atoms with E-state index in [1.165, 1.54) is 12.8 Å². The molecular formula is C15H24N2O2. The number of nitrogens with zero attached hydrogens (tertiary/aromatic N) is 1. The molecular weight excluding hydrogens is 240 g/mol. The van der Waals surface area contributed by atoms with Crippen molar-refractivity contribution in [2.45, 2.75) is 18.9 Å². The molecule has 0 spiro atoms. The van der Waals surface area contributed by atoms with E-state index in [4.69, 9.17) is 15.2 Å². The first kappa shape index (κ1) is 14.2. The lowest BCUT2D eigenvalue weighted by Crippen LogP contribution is -2.32. The Balaban J connectivity index is 2.25. The van der Waals surface area contributed by atoms with Crippen LogP contribution in [0.15, 0.2) is 18.2 Å². The Morgan fingerprint density at radius 2 is 2.05 bits per heavy atom. The molecule has 0 saturated heterocycles. The van der Waals surface area contributed by atoms with Crippen LogP contribution in [-0.2, 0) is 0 Å². The van der Waals surface area contributed by atoms with Crippen molar-refractivity contribution in [3.8, 4) is 11.5 Å². The minimum atomic E-state index is 0.172. The number of para-hydroxylation sites is 1. The van der Waals surface area contributed by atoms with E-state index in [0.717, 1.165) is 29.5 Å². The van der Waals surface area contributed by atoms with Crippen LogP contribution in [0.3, 0.4) is 0 Å². The van der Waals surface area contributed by atoms with Crippen LogP contribution >= 0.6 is 0 Å². The largest absolute Gasteiger partial charge is 0.493 e. The Kier molecular flexibility index (Phi) is 4.66. The number of methoxy groups -OCH3 is 2. The molecule has 0 amide bonds. The lowest BCUT2D eigenvalue weighted by Gasteiger charge is -2.29. The van der Waals surface area contributed by atoms with Crippen molar-refractivity contribution < 1.29 is 9.47 Å². The number of benzene rings is 1. The maximum Gasteiger partial charge on any atom is 0.165 e. The van der Waals surface area contributed by atoms with Crippen LogP contribution < -0.4 is 15.2 Å². The fourth-order valence-corrected chi connectivity index (χ4v) is 2.55. The van der Waals surface area contributed by atoms with Gasteiger partial charge in [0.25, 0.3) is 0 Å². The summed E-state index contributed by atoms with van der Waals surface area (Å²) < 4.78 is 10.9. The third-order valence-corrected chi connectivity index (χ3v) is 3.79. The van der Waals surface area contributed by atoms with E-state index in [9.17, 15) is 0 Å². The van der Waals surface area contributed by atoms with E-state index in [2.05, 4.69) is 18.0 Å². The van der Waals surface area contributed by atoms with Crippen LogP contribution in [0, 0.1) is 5.92 Å². The van der Waals surface area contributed by atoms with Crippen LogP contribution in [0.25, 0.3) is 0 Å². The summed E-state index contributed by atoms with van der Waals surface area (Å²) in [6.45, 7) is 1.68. The summed E-state index contributed by atoms with van der Waals surface area (Å²) >= 11 is 0. The van der Waals surface area contributed by atoms with E-state index in [0.29, 0.717) is 6.54 Å². The van der Waals surface area contributed by atoms with Crippen LogP contribution in [-0.4, -0.2) is 39.3 Å². The Labute approximate surface area is 115 Å². The fourth-order valence-electron chi connectivity index (χ4n) is 2.55. The van der Waals surface area contributed by atoms with Gasteiger partial charge in [-0.15, -0.1) is 0 Å². The smallest absolute Gasteiger partial charge is 0.165 e. The molecule has 0 heterocycles. The lowest BCUT2D eigenvalue weighted by molar-refractivity contribution is 0.233. The highest BCUT2D eigenvalue weighted by atomic mass is 16.5. The topological polar surface area (TPSA) is 47.7 Å². The average Bonchev–Trinajstić information content (AvgIpc) is 3.23. The van der Waals surface area contributed by atoms with Gasteiger partial charge in [-0.1, -0.05) is 12.1 Å². The molecule has 0 aliphatic heterocycles. The van der Waals surface area contributed by atoms with Crippen molar-refractivity contribution in [1.82, 2.24) is 4.90 Å². The highest BCUT2D eigenvalue weighted by molar-refractivity contribution is 5.48. The van der Waals surface area contributed by atoms with Gasteiger partial charge in [0, 0.05) is 18.7 Å². The SMILES string of the molecule is COc1cccc(C(CN)N(C)CC2CC2)c1OC. The summed E-state index contributed by atoms with van der Waals surface area (Å²) in [5.74, 6) is 2.40. The molecule has 1 aliphatic carbocycles. The first-order valence-corrected chi connectivity index (χ1v) is 6.82. The molecule has 0 aromatic heterocycles. The molecule has 1 atom stereocenters. The maximum absolute atomic E-state index is 5.98. The van der Waals surface area contributed by atoms with Crippen molar-refractivity contribution >= 4 is 0 Å². The molecule has 0 radical (unpaired) electrons. The third-order valence-electron chi connectivity index (χ3n) is 3.79. The Bertz CT molecular complexity index is 419. The molecule has 4 heteroatoms. The second-order valence-electron chi connectivity index (χ2n) is 5.22. The Morgan fingerprint density at radius 1 is 1.32 bits per heavy atom. The molecule has 0 bridgehead atoms. The van der Waals surface area contributed by atoms with Crippen LogP contribution in [0.1, 0.15) is 24.4 Å². The number of likely N-dealkylation sites (N-methyl/N-ethyl adjacent to an activating group) is 1. The van der Waals surface area contributed by atoms with Crippen molar-refractivity contribution in [2.24, 2.45) is 11.7 Å². The molecule has 1 fully saturated rings. The fraction of sp³-hybridized carbons (Fsp3) is 0.600. The Hall–Kier alpha value is -1.26. The average molecular weight is 264 g/mol. The molecule has 19 heavy (non-hydrogen) atoms. The molecule has 106 valence electrons. The highest BCUT2D eigenvalue weighted by Crippen LogP contribution is 2.38. The number of rotatable bonds is 7. The van der Waals surface area contributed by atoms with Gasteiger partial charge in [0.1, 0.15) is 0 Å². The molecule has 2 rings (SSSR count). The summed E-state index contributed by atoms with van der Waals surface area (Å²) in [4.78, 5) is 2.33. The second-order valence-corrected chi connectivity index (χ2v) is 5.22. The summed E-state index contributed by atoms with van der Waals surface area (Å²) in [7, 11) is 5.47. The van der Waals surface area contributed by atoms with E-state index >= 15 is 0 Å². The quantitative estimate of drug-likeness (QED) is 0.819. The second kappa shape index (κ2) is 6.26. The van der Waals surface area contributed by atoms with Gasteiger partial charge in [0.05, 0.1) is 20.3 Å².